The van der Waals surface area contributed by atoms with Gasteiger partial charge in [0, 0.05) is 12.6 Å². The number of amides is 1. The fraction of sp³-hybridized carbons (Fsp3) is 0.269. The van der Waals surface area contributed by atoms with Gasteiger partial charge < -0.3 is 14.8 Å². The summed E-state index contributed by atoms with van der Waals surface area (Å²) < 4.78 is 10.8. The van der Waals surface area contributed by atoms with E-state index >= 15 is 0 Å². The Balaban J connectivity index is 1.92. The molecule has 6 nitrogen and oxygen atoms in total. The molecule has 0 radical (unpaired) electrons. The van der Waals surface area contributed by atoms with Crippen molar-refractivity contribution in [3.05, 3.63) is 71.3 Å². The fourth-order valence-electron chi connectivity index (χ4n) is 2.63. The van der Waals surface area contributed by atoms with Gasteiger partial charge in [0.05, 0.1) is 6.61 Å². The third-order valence-electron chi connectivity index (χ3n) is 4.36. The molecule has 1 N–H and O–H groups in total. The lowest BCUT2D eigenvalue weighted by atomic mass is 10.1. The van der Waals surface area contributed by atoms with E-state index in [4.69, 9.17) is 9.47 Å². The van der Waals surface area contributed by atoms with Crippen molar-refractivity contribution in [3.8, 4) is 17.6 Å². The second-order valence-electron chi connectivity index (χ2n) is 7.02. The summed E-state index contributed by atoms with van der Waals surface area (Å²) in [6.07, 6.45) is 7.28. The molecule has 0 atom stereocenters. The number of esters is 1. The molecule has 0 aliphatic carbocycles. The first-order valence-corrected chi connectivity index (χ1v) is 10.7. The molecule has 0 unspecified atom stereocenters. The zero-order valence-corrected chi connectivity index (χ0v) is 18.5. The number of rotatable bonds is 11. The highest BCUT2D eigenvalue weighted by atomic mass is 16.5. The van der Waals surface area contributed by atoms with Crippen LogP contribution < -0.4 is 14.8 Å². The van der Waals surface area contributed by atoms with Gasteiger partial charge in [0.1, 0.15) is 23.1 Å². The number of nitrogens with zero attached hydrogens (tertiary/aromatic N) is 1. The third-order valence-corrected chi connectivity index (χ3v) is 4.36. The van der Waals surface area contributed by atoms with E-state index in [1.165, 1.54) is 12.2 Å². The molecule has 6 heteroatoms. The van der Waals surface area contributed by atoms with Crippen LogP contribution in [0, 0.1) is 11.3 Å². The lowest BCUT2D eigenvalue weighted by Gasteiger charge is -2.04. The van der Waals surface area contributed by atoms with Gasteiger partial charge in [-0.25, -0.2) is 4.79 Å². The van der Waals surface area contributed by atoms with Crippen molar-refractivity contribution in [2.24, 2.45) is 0 Å². The maximum absolute atomic E-state index is 12.1. The van der Waals surface area contributed by atoms with Gasteiger partial charge in [-0.15, -0.1) is 0 Å². The summed E-state index contributed by atoms with van der Waals surface area (Å²) in [7, 11) is 0. The van der Waals surface area contributed by atoms with E-state index in [0.29, 0.717) is 24.5 Å². The Bertz CT molecular complexity index is 984. The van der Waals surface area contributed by atoms with E-state index in [0.717, 1.165) is 30.6 Å². The molecule has 0 aliphatic heterocycles. The van der Waals surface area contributed by atoms with Crippen molar-refractivity contribution >= 4 is 24.0 Å². The molecule has 0 spiro atoms. The molecular formula is C26H28N2O4. The first kappa shape index (κ1) is 24.4. The number of hydrogen-bond donors (Lipinski definition) is 1. The van der Waals surface area contributed by atoms with Crippen LogP contribution in [0.3, 0.4) is 0 Å². The molecule has 0 aromatic heterocycles. The number of carbonyl (C=O) groups excluding carboxylic acids is 2. The largest absolute Gasteiger partial charge is 0.494 e. The van der Waals surface area contributed by atoms with Gasteiger partial charge in [-0.05, 0) is 60.4 Å². The molecule has 0 fully saturated rings. The van der Waals surface area contributed by atoms with Gasteiger partial charge in [0.2, 0.25) is 0 Å². The topological polar surface area (TPSA) is 88.4 Å². The maximum Gasteiger partial charge on any atom is 0.336 e. The Morgan fingerprint density at radius 1 is 0.969 bits per heavy atom. The number of unbranched alkanes of at least 4 members (excludes halogenated alkanes) is 1. The highest BCUT2D eigenvalue weighted by molar-refractivity contribution is 6.01. The van der Waals surface area contributed by atoms with Crippen LogP contribution in [-0.2, 0) is 9.59 Å². The normalized spacial score (nSPS) is 11.1. The molecule has 0 saturated heterocycles. The Morgan fingerprint density at radius 2 is 1.62 bits per heavy atom. The van der Waals surface area contributed by atoms with Gasteiger partial charge in [0.25, 0.3) is 5.91 Å². The monoisotopic (exact) mass is 432 g/mol. The molecule has 1 amide bonds. The van der Waals surface area contributed by atoms with Crippen LogP contribution in [-0.4, -0.2) is 25.0 Å². The van der Waals surface area contributed by atoms with E-state index in [9.17, 15) is 14.9 Å². The van der Waals surface area contributed by atoms with Crippen LogP contribution in [0.5, 0.6) is 11.5 Å². The molecule has 2 aromatic rings. The average Bonchev–Trinajstić information content (AvgIpc) is 2.81. The van der Waals surface area contributed by atoms with Gasteiger partial charge in [-0.1, -0.05) is 44.5 Å². The minimum atomic E-state index is -0.507. The van der Waals surface area contributed by atoms with Gasteiger partial charge >= 0.3 is 5.97 Å². The van der Waals surface area contributed by atoms with Crippen molar-refractivity contribution < 1.29 is 19.1 Å². The molecule has 32 heavy (non-hydrogen) atoms. The van der Waals surface area contributed by atoms with Gasteiger partial charge in [-0.3, -0.25) is 4.79 Å². The predicted octanol–water partition coefficient (Wildman–Crippen LogP) is 4.92. The lowest BCUT2D eigenvalue weighted by Crippen LogP contribution is -2.25. The van der Waals surface area contributed by atoms with E-state index in [-0.39, 0.29) is 5.57 Å². The molecular weight excluding hydrogens is 404 g/mol. The van der Waals surface area contributed by atoms with Crippen LogP contribution >= 0.6 is 0 Å². The smallest absolute Gasteiger partial charge is 0.336 e. The van der Waals surface area contributed by atoms with E-state index < -0.39 is 11.9 Å². The number of nitrogens with one attached hydrogen (secondary N) is 1. The van der Waals surface area contributed by atoms with Crippen molar-refractivity contribution in [1.29, 1.82) is 5.26 Å². The molecule has 0 saturated carbocycles. The lowest BCUT2D eigenvalue weighted by molar-refractivity contribution is -0.128. The van der Waals surface area contributed by atoms with Crippen LogP contribution in [0.1, 0.15) is 44.2 Å². The molecule has 0 heterocycles. The summed E-state index contributed by atoms with van der Waals surface area (Å²) in [5.41, 5.74) is 1.54. The highest BCUT2D eigenvalue weighted by Gasteiger charge is 2.08. The second kappa shape index (κ2) is 13.5. The Kier molecular flexibility index (Phi) is 10.3. The number of nitriles is 1. The van der Waals surface area contributed by atoms with Crippen molar-refractivity contribution in [1.82, 2.24) is 5.32 Å². The van der Waals surface area contributed by atoms with Crippen LogP contribution in [0.15, 0.2) is 60.2 Å². The summed E-state index contributed by atoms with van der Waals surface area (Å²) in [6, 6.07) is 15.9. The number of hydrogen-bond acceptors (Lipinski definition) is 5. The molecule has 2 aromatic carbocycles. The number of benzene rings is 2. The minimum absolute atomic E-state index is 0.0277. The Labute approximate surface area is 189 Å². The minimum Gasteiger partial charge on any atom is -0.494 e. The first-order valence-electron chi connectivity index (χ1n) is 10.7. The van der Waals surface area contributed by atoms with Crippen molar-refractivity contribution in [3.63, 3.8) is 0 Å². The summed E-state index contributed by atoms with van der Waals surface area (Å²) in [5, 5.41) is 11.9. The summed E-state index contributed by atoms with van der Waals surface area (Å²) in [6.45, 7) is 5.27. The summed E-state index contributed by atoms with van der Waals surface area (Å²) in [5.74, 6) is 0.254. The fourth-order valence-corrected chi connectivity index (χ4v) is 2.63. The molecule has 0 aliphatic rings. The number of carbonyl (C=O) groups is 2. The second-order valence-corrected chi connectivity index (χ2v) is 7.02. The Morgan fingerprint density at radius 3 is 2.25 bits per heavy atom. The molecule has 166 valence electrons. The zero-order valence-electron chi connectivity index (χ0n) is 18.5. The van der Waals surface area contributed by atoms with Crippen LogP contribution in [0.25, 0.3) is 12.2 Å². The van der Waals surface area contributed by atoms with E-state index in [2.05, 4.69) is 5.32 Å². The van der Waals surface area contributed by atoms with Gasteiger partial charge in [-0.2, -0.15) is 5.26 Å². The third kappa shape index (κ3) is 8.49. The zero-order chi connectivity index (χ0) is 23.2. The SMILES string of the molecule is CCCCNC(=O)/C(C#N)=C/c1ccc(OC(=O)/C=C/c2ccc(OCCC)cc2)cc1. The molecule has 2 rings (SSSR count). The highest BCUT2D eigenvalue weighted by Crippen LogP contribution is 2.16. The average molecular weight is 433 g/mol. The van der Waals surface area contributed by atoms with E-state index in [1.54, 1.807) is 30.3 Å². The standard InChI is InChI=1S/C26H28N2O4/c1-3-5-16-28-26(30)22(19-27)18-21-8-13-24(14-9-21)32-25(29)15-10-20-6-11-23(12-7-20)31-17-4-2/h6-15,18H,3-5,16-17H2,1-2H3,(H,28,30)/b15-10+,22-18+. The quantitative estimate of drug-likeness (QED) is 0.179. The van der Waals surface area contributed by atoms with Crippen LogP contribution in [0.4, 0.5) is 0 Å². The summed E-state index contributed by atoms with van der Waals surface area (Å²) >= 11 is 0. The van der Waals surface area contributed by atoms with E-state index in [1.807, 2.05) is 44.2 Å². The predicted molar refractivity (Wildman–Crippen MR) is 125 cm³/mol. The van der Waals surface area contributed by atoms with Crippen LogP contribution in [0.2, 0.25) is 0 Å². The first-order chi connectivity index (χ1) is 15.5. The maximum atomic E-state index is 12.1. The molecule has 0 bridgehead atoms. The van der Waals surface area contributed by atoms with Gasteiger partial charge in [0.15, 0.2) is 0 Å². The van der Waals surface area contributed by atoms with Crippen molar-refractivity contribution in [2.45, 2.75) is 33.1 Å². The summed E-state index contributed by atoms with van der Waals surface area (Å²) in [4.78, 5) is 24.1. The Hall–Kier alpha value is -3.85. The number of ether oxygens (including phenoxy) is 2. The van der Waals surface area contributed by atoms with Crippen molar-refractivity contribution in [2.75, 3.05) is 13.2 Å².